The minimum Gasteiger partial charge on any atom is -0.497 e. The van der Waals surface area contributed by atoms with Crippen LogP contribution in [0.4, 0.5) is 5.69 Å². The molecule has 1 aliphatic heterocycles. The number of likely N-dealkylation sites (tertiary alicyclic amines) is 1. The van der Waals surface area contributed by atoms with Crippen molar-refractivity contribution in [1.82, 2.24) is 4.90 Å². The van der Waals surface area contributed by atoms with Gasteiger partial charge in [0.25, 0.3) is 5.91 Å². The van der Waals surface area contributed by atoms with E-state index in [0.29, 0.717) is 42.1 Å². The summed E-state index contributed by atoms with van der Waals surface area (Å²) in [5.41, 5.74) is 1.59. The number of carbonyl (C=O) groups excluding carboxylic acids is 1. The first-order valence-electron chi connectivity index (χ1n) is 9.27. The molecule has 1 saturated heterocycles. The fourth-order valence-electron chi connectivity index (χ4n) is 3.43. The second-order valence-electron chi connectivity index (χ2n) is 7.16. The Bertz CT molecular complexity index is 931. The van der Waals surface area contributed by atoms with E-state index >= 15 is 0 Å². The number of ether oxygens (including phenoxy) is 1. The number of carbonyl (C=O) groups is 1. The number of amides is 1. The van der Waals surface area contributed by atoms with Gasteiger partial charge < -0.3 is 14.5 Å². The van der Waals surface area contributed by atoms with Crippen LogP contribution in [0.2, 0.25) is 0 Å². The third-order valence-electron chi connectivity index (χ3n) is 5.17. The molecule has 1 amide bonds. The van der Waals surface area contributed by atoms with Gasteiger partial charge in [0, 0.05) is 38.4 Å². The van der Waals surface area contributed by atoms with Crippen molar-refractivity contribution in [2.45, 2.75) is 23.0 Å². The molecule has 3 rings (SSSR count). The molecule has 0 saturated carbocycles. The maximum Gasteiger partial charge on any atom is 0.253 e. The van der Waals surface area contributed by atoms with Crippen molar-refractivity contribution < 1.29 is 17.9 Å². The third-order valence-corrected chi connectivity index (χ3v) is 7.44. The zero-order chi connectivity index (χ0) is 20.3. The fourth-order valence-corrected chi connectivity index (χ4v) is 5.16. The van der Waals surface area contributed by atoms with Crippen LogP contribution in [0.25, 0.3) is 0 Å². The lowest BCUT2D eigenvalue weighted by molar-refractivity contribution is 0.0725. The highest BCUT2D eigenvalue weighted by Crippen LogP contribution is 2.27. The van der Waals surface area contributed by atoms with Crippen LogP contribution in [-0.2, 0) is 9.84 Å². The molecule has 150 valence electrons. The number of hydrogen-bond acceptors (Lipinski definition) is 5. The van der Waals surface area contributed by atoms with Crippen molar-refractivity contribution in [3.63, 3.8) is 0 Å². The first-order valence-corrected chi connectivity index (χ1v) is 10.8. The predicted octanol–water partition coefficient (Wildman–Crippen LogP) is 2.84. The van der Waals surface area contributed by atoms with E-state index in [2.05, 4.69) is 0 Å². The summed E-state index contributed by atoms with van der Waals surface area (Å²) >= 11 is 0. The lowest BCUT2D eigenvalue weighted by atomic mass is 10.1. The average Bonchev–Trinajstić information content (AvgIpc) is 2.73. The zero-order valence-corrected chi connectivity index (χ0v) is 17.3. The van der Waals surface area contributed by atoms with Crippen molar-refractivity contribution >= 4 is 21.4 Å². The van der Waals surface area contributed by atoms with E-state index in [1.807, 2.05) is 37.2 Å². The molecule has 2 aromatic carbocycles. The maximum absolute atomic E-state index is 12.9. The lowest BCUT2D eigenvalue weighted by Crippen LogP contribution is -2.42. The van der Waals surface area contributed by atoms with Gasteiger partial charge in [-0.1, -0.05) is 6.07 Å². The maximum atomic E-state index is 12.9. The van der Waals surface area contributed by atoms with Crippen molar-refractivity contribution in [2.24, 2.45) is 0 Å². The standard InChI is InChI=1S/C21H26N2O4S/c1-22(2)17-6-4-5-16(15-17)21(24)23-13-11-20(12-14-23)28(25,26)19-9-7-18(27-3)8-10-19/h4-10,15,20H,11-14H2,1-3H3. The van der Waals surface area contributed by atoms with Gasteiger partial charge in [-0.2, -0.15) is 0 Å². The Labute approximate surface area is 166 Å². The minimum absolute atomic E-state index is 0.0519. The highest BCUT2D eigenvalue weighted by atomic mass is 32.2. The first kappa shape index (κ1) is 20.2. The van der Waals surface area contributed by atoms with Crippen LogP contribution in [0.1, 0.15) is 23.2 Å². The number of sulfone groups is 1. The Morgan fingerprint density at radius 2 is 1.71 bits per heavy atom. The lowest BCUT2D eigenvalue weighted by Gasteiger charge is -2.32. The number of rotatable bonds is 5. The average molecular weight is 403 g/mol. The van der Waals surface area contributed by atoms with Crippen LogP contribution in [-0.4, -0.2) is 58.8 Å². The SMILES string of the molecule is COc1ccc(S(=O)(=O)C2CCN(C(=O)c3cccc(N(C)C)c3)CC2)cc1. The molecule has 1 fully saturated rings. The van der Waals surface area contributed by atoms with Gasteiger partial charge in [0.1, 0.15) is 5.75 Å². The largest absolute Gasteiger partial charge is 0.497 e. The van der Waals surface area contributed by atoms with E-state index in [0.717, 1.165) is 5.69 Å². The molecule has 1 heterocycles. The molecule has 28 heavy (non-hydrogen) atoms. The molecule has 2 aromatic rings. The van der Waals surface area contributed by atoms with Crippen LogP contribution < -0.4 is 9.64 Å². The Morgan fingerprint density at radius 3 is 2.29 bits per heavy atom. The van der Waals surface area contributed by atoms with Gasteiger partial charge in [-0.25, -0.2) is 8.42 Å². The summed E-state index contributed by atoms with van der Waals surface area (Å²) in [5.74, 6) is 0.573. The van der Waals surface area contributed by atoms with Crippen LogP contribution in [0.15, 0.2) is 53.4 Å². The van der Waals surface area contributed by atoms with Crippen LogP contribution in [0.3, 0.4) is 0 Å². The second kappa shape index (κ2) is 8.22. The molecule has 0 spiro atoms. The number of anilines is 1. The summed E-state index contributed by atoms with van der Waals surface area (Å²) in [6.45, 7) is 0.871. The number of piperidine rings is 1. The van der Waals surface area contributed by atoms with Gasteiger partial charge in [-0.05, 0) is 55.3 Å². The van der Waals surface area contributed by atoms with E-state index < -0.39 is 15.1 Å². The van der Waals surface area contributed by atoms with E-state index in [9.17, 15) is 13.2 Å². The van der Waals surface area contributed by atoms with Crippen molar-refractivity contribution in [3.05, 3.63) is 54.1 Å². The summed E-state index contributed by atoms with van der Waals surface area (Å²) in [5, 5.41) is -0.474. The van der Waals surface area contributed by atoms with Crippen LogP contribution in [0, 0.1) is 0 Å². The number of benzene rings is 2. The smallest absolute Gasteiger partial charge is 0.253 e. The molecular weight excluding hydrogens is 376 g/mol. The molecule has 7 heteroatoms. The quantitative estimate of drug-likeness (QED) is 0.769. The number of methoxy groups -OCH3 is 1. The molecule has 0 N–H and O–H groups in total. The fraction of sp³-hybridized carbons (Fsp3) is 0.381. The zero-order valence-electron chi connectivity index (χ0n) is 16.5. The molecule has 6 nitrogen and oxygen atoms in total. The Hall–Kier alpha value is -2.54. The van der Waals surface area contributed by atoms with E-state index in [1.54, 1.807) is 42.3 Å². The second-order valence-corrected chi connectivity index (χ2v) is 9.38. The van der Waals surface area contributed by atoms with Crippen LogP contribution in [0.5, 0.6) is 5.75 Å². The molecule has 1 aliphatic rings. The van der Waals surface area contributed by atoms with E-state index in [1.165, 1.54) is 0 Å². The molecule has 0 unspecified atom stereocenters. The molecule has 0 atom stereocenters. The summed E-state index contributed by atoms with van der Waals surface area (Å²) in [6.07, 6.45) is 0.876. The molecular formula is C21H26N2O4S. The summed E-state index contributed by atoms with van der Waals surface area (Å²) in [6, 6.07) is 14.0. The Balaban J connectivity index is 1.68. The third kappa shape index (κ3) is 4.14. The van der Waals surface area contributed by atoms with Gasteiger partial charge in [-0.15, -0.1) is 0 Å². The Morgan fingerprint density at radius 1 is 1.07 bits per heavy atom. The van der Waals surface area contributed by atoms with Gasteiger partial charge in [0.15, 0.2) is 9.84 Å². The monoisotopic (exact) mass is 402 g/mol. The topological polar surface area (TPSA) is 66.9 Å². The van der Waals surface area contributed by atoms with E-state index in [4.69, 9.17) is 4.74 Å². The minimum atomic E-state index is -3.42. The Kier molecular flexibility index (Phi) is 5.93. The van der Waals surface area contributed by atoms with Gasteiger partial charge >= 0.3 is 0 Å². The summed E-state index contributed by atoms with van der Waals surface area (Å²) in [7, 11) is 1.99. The number of nitrogens with zero attached hydrogens (tertiary/aromatic N) is 2. The first-order chi connectivity index (χ1) is 13.3. The highest BCUT2D eigenvalue weighted by Gasteiger charge is 2.33. The summed E-state index contributed by atoms with van der Waals surface area (Å²) < 4.78 is 30.9. The van der Waals surface area contributed by atoms with E-state index in [-0.39, 0.29) is 5.91 Å². The molecule has 0 radical (unpaired) electrons. The molecule has 0 aromatic heterocycles. The van der Waals surface area contributed by atoms with Crippen molar-refractivity contribution in [1.29, 1.82) is 0 Å². The van der Waals surface area contributed by atoms with Crippen LogP contribution >= 0.6 is 0 Å². The van der Waals surface area contributed by atoms with Gasteiger partial charge in [0.05, 0.1) is 17.3 Å². The van der Waals surface area contributed by atoms with Gasteiger partial charge in [0.2, 0.25) is 0 Å². The van der Waals surface area contributed by atoms with Gasteiger partial charge in [-0.3, -0.25) is 4.79 Å². The predicted molar refractivity (Wildman–Crippen MR) is 110 cm³/mol. The molecule has 0 bridgehead atoms. The highest BCUT2D eigenvalue weighted by molar-refractivity contribution is 7.92. The van der Waals surface area contributed by atoms with Crippen molar-refractivity contribution in [3.8, 4) is 5.75 Å². The normalized spacial score (nSPS) is 15.3. The summed E-state index contributed by atoms with van der Waals surface area (Å²) in [4.78, 5) is 16.8. The number of hydrogen-bond donors (Lipinski definition) is 0. The van der Waals surface area contributed by atoms with Crippen molar-refractivity contribution in [2.75, 3.05) is 39.2 Å². The molecule has 0 aliphatic carbocycles.